The van der Waals surface area contributed by atoms with Crippen molar-refractivity contribution >= 4 is 46.9 Å². The number of urea groups is 1. The number of carbonyl (C=O) groups is 2. The van der Waals surface area contributed by atoms with Crippen LogP contribution in [0.1, 0.15) is 20.8 Å². The van der Waals surface area contributed by atoms with E-state index < -0.39 is 11.3 Å². The molecule has 0 saturated carbocycles. The van der Waals surface area contributed by atoms with E-state index in [0.29, 0.717) is 27.4 Å². The first kappa shape index (κ1) is 18.1. The van der Waals surface area contributed by atoms with Gasteiger partial charge in [0, 0.05) is 16.5 Å². The first-order valence-electron chi connectivity index (χ1n) is 6.50. The Hall–Kier alpha value is -0.910. The van der Waals surface area contributed by atoms with E-state index in [1.54, 1.807) is 25.1 Å². The molecule has 0 bridgehead atoms. The Morgan fingerprint density at radius 2 is 1.90 bits per heavy atom. The third-order valence-corrected chi connectivity index (χ3v) is 4.31. The van der Waals surface area contributed by atoms with E-state index in [1.807, 2.05) is 13.8 Å². The lowest BCUT2D eigenvalue weighted by Gasteiger charge is -2.13. The second-order valence-corrected chi connectivity index (χ2v) is 7.15. The van der Waals surface area contributed by atoms with Gasteiger partial charge in [0.15, 0.2) is 0 Å². The zero-order valence-corrected chi connectivity index (χ0v) is 14.4. The van der Waals surface area contributed by atoms with Crippen LogP contribution >= 0.6 is 35.0 Å². The van der Waals surface area contributed by atoms with Gasteiger partial charge in [-0.2, -0.15) is 0 Å². The average Bonchev–Trinajstić information content (AvgIpc) is 2.40. The van der Waals surface area contributed by atoms with Crippen molar-refractivity contribution in [2.75, 3.05) is 6.54 Å². The van der Waals surface area contributed by atoms with Crippen LogP contribution in [0.4, 0.5) is 4.79 Å². The minimum atomic E-state index is -0.488. The van der Waals surface area contributed by atoms with E-state index in [-0.39, 0.29) is 5.91 Å². The topological polar surface area (TPSA) is 58.2 Å². The summed E-state index contributed by atoms with van der Waals surface area (Å²) in [5.74, 6) is -0.0554. The number of benzene rings is 1. The SMILES string of the molecule is CC(C)CNC(=O)NC(=O)C(C)Sc1cc(Cl)ccc1Cl. The molecule has 1 atom stereocenters. The second kappa shape index (κ2) is 8.51. The second-order valence-electron chi connectivity index (χ2n) is 4.93. The minimum absolute atomic E-state index is 0.322. The molecule has 0 aromatic heterocycles. The van der Waals surface area contributed by atoms with E-state index in [2.05, 4.69) is 10.6 Å². The normalized spacial score (nSPS) is 12.1. The molecule has 0 aliphatic rings. The van der Waals surface area contributed by atoms with Crippen molar-refractivity contribution in [3.05, 3.63) is 28.2 Å². The molecule has 21 heavy (non-hydrogen) atoms. The Kier molecular flexibility index (Phi) is 7.35. The largest absolute Gasteiger partial charge is 0.338 e. The molecule has 7 heteroatoms. The van der Waals surface area contributed by atoms with Crippen molar-refractivity contribution in [3.63, 3.8) is 0 Å². The molecule has 1 rings (SSSR count). The zero-order valence-electron chi connectivity index (χ0n) is 12.1. The quantitative estimate of drug-likeness (QED) is 0.791. The molecule has 0 aliphatic carbocycles. The van der Waals surface area contributed by atoms with Crippen LogP contribution in [0.3, 0.4) is 0 Å². The first-order valence-corrected chi connectivity index (χ1v) is 8.13. The molecule has 0 spiro atoms. The molecule has 1 aromatic rings. The summed E-state index contributed by atoms with van der Waals surface area (Å²) in [7, 11) is 0. The Labute approximate surface area is 139 Å². The van der Waals surface area contributed by atoms with Crippen molar-refractivity contribution in [2.45, 2.75) is 30.9 Å². The predicted molar refractivity (Wildman–Crippen MR) is 88.2 cm³/mol. The molecule has 116 valence electrons. The van der Waals surface area contributed by atoms with E-state index >= 15 is 0 Å². The highest BCUT2D eigenvalue weighted by Gasteiger charge is 2.18. The Bertz CT molecular complexity index is 524. The fraction of sp³-hybridized carbons (Fsp3) is 0.429. The van der Waals surface area contributed by atoms with Gasteiger partial charge in [0.1, 0.15) is 0 Å². The van der Waals surface area contributed by atoms with Crippen LogP contribution in [-0.2, 0) is 4.79 Å². The molecule has 0 radical (unpaired) electrons. The average molecular weight is 349 g/mol. The smallest absolute Gasteiger partial charge is 0.321 e. The van der Waals surface area contributed by atoms with E-state index in [0.717, 1.165) is 0 Å². The van der Waals surface area contributed by atoms with Crippen LogP contribution < -0.4 is 10.6 Å². The molecule has 2 N–H and O–H groups in total. The molecular weight excluding hydrogens is 331 g/mol. The van der Waals surface area contributed by atoms with Crippen LogP contribution in [0.5, 0.6) is 0 Å². The maximum Gasteiger partial charge on any atom is 0.321 e. The van der Waals surface area contributed by atoms with Crippen LogP contribution in [0, 0.1) is 5.92 Å². The van der Waals surface area contributed by atoms with Crippen LogP contribution in [0.2, 0.25) is 10.0 Å². The molecule has 1 unspecified atom stereocenters. The van der Waals surface area contributed by atoms with Gasteiger partial charge in [0.2, 0.25) is 5.91 Å². The molecule has 4 nitrogen and oxygen atoms in total. The van der Waals surface area contributed by atoms with Gasteiger partial charge in [-0.1, -0.05) is 37.0 Å². The highest BCUT2D eigenvalue weighted by molar-refractivity contribution is 8.00. The summed E-state index contributed by atoms with van der Waals surface area (Å²) in [6, 6.07) is 4.56. The number of nitrogens with one attached hydrogen (secondary N) is 2. The first-order chi connectivity index (χ1) is 9.79. The predicted octanol–water partition coefficient (Wildman–Crippen LogP) is 3.96. The van der Waals surface area contributed by atoms with E-state index in [9.17, 15) is 9.59 Å². The number of carbonyl (C=O) groups excluding carboxylic acids is 2. The molecular formula is C14H18Cl2N2O2S. The lowest BCUT2D eigenvalue weighted by atomic mass is 10.2. The lowest BCUT2D eigenvalue weighted by Crippen LogP contribution is -2.43. The van der Waals surface area contributed by atoms with Gasteiger partial charge in [0.05, 0.1) is 10.3 Å². The van der Waals surface area contributed by atoms with Crippen molar-refractivity contribution in [3.8, 4) is 0 Å². The Morgan fingerprint density at radius 1 is 1.24 bits per heavy atom. The maximum atomic E-state index is 11.9. The standard InChI is InChI=1S/C14H18Cl2N2O2S/c1-8(2)7-17-14(20)18-13(19)9(3)21-12-6-10(15)4-5-11(12)16/h4-6,8-9H,7H2,1-3H3,(H2,17,18,19,20). The molecule has 3 amide bonds. The number of imide groups is 1. The van der Waals surface area contributed by atoms with Gasteiger partial charge >= 0.3 is 6.03 Å². The zero-order chi connectivity index (χ0) is 16.0. The minimum Gasteiger partial charge on any atom is -0.338 e. The maximum absolute atomic E-state index is 11.9. The number of halogens is 2. The number of rotatable bonds is 5. The molecule has 0 saturated heterocycles. The van der Waals surface area contributed by atoms with E-state index in [1.165, 1.54) is 11.8 Å². The molecule has 0 aliphatic heterocycles. The number of hydrogen-bond acceptors (Lipinski definition) is 3. The van der Waals surface area contributed by atoms with Gasteiger partial charge in [-0.15, -0.1) is 11.8 Å². The fourth-order valence-corrected chi connectivity index (χ4v) is 2.78. The van der Waals surface area contributed by atoms with Gasteiger partial charge in [-0.3, -0.25) is 10.1 Å². The van der Waals surface area contributed by atoms with Crippen LogP contribution in [-0.4, -0.2) is 23.7 Å². The van der Waals surface area contributed by atoms with Crippen LogP contribution in [0.15, 0.2) is 23.1 Å². The van der Waals surface area contributed by atoms with Crippen molar-refractivity contribution in [1.29, 1.82) is 0 Å². The summed E-state index contributed by atoms with van der Waals surface area (Å²) in [5.41, 5.74) is 0. The summed E-state index contributed by atoms with van der Waals surface area (Å²) >= 11 is 13.2. The van der Waals surface area contributed by atoms with Gasteiger partial charge in [-0.05, 0) is 31.0 Å². The van der Waals surface area contributed by atoms with Crippen molar-refractivity contribution in [2.24, 2.45) is 5.92 Å². The van der Waals surface area contributed by atoms with Crippen molar-refractivity contribution in [1.82, 2.24) is 10.6 Å². The summed E-state index contributed by atoms with van der Waals surface area (Å²) in [6.07, 6.45) is 0. The number of hydrogen-bond donors (Lipinski definition) is 2. The third-order valence-electron chi connectivity index (χ3n) is 2.47. The third kappa shape index (κ3) is 6.59. The number of amides is 3. The fourth-order valence-electron chi connectivity index (χ4n) is 1.37. The lowest BCUT2D eigenvalue weighted by molar-refractivity contribution is -0.119. The molecule has 0 heterocycles. The van der Waals surface area contributed by atoms with Crippen LogP contribution in [0.25, 0.3) is 0 Å². The van der Waals surface area contributed by atoms with Gasteiger partial charge in [-0.25, -0.2) is 4.79 Å². The summed E-state index contributed by atoms with van der Waals surface area (Å²) in [6.45, 7) is 6.16. The monoisotopic (exact) mass is 348 g/mol. The van der Waals surface area contributed by atoms with E-state index in [4.69, 9.17) is 23.2 Å². The Morgan fingerprint density at radius 3 is 2.52 bits per heavy atom. The Balaban J connectivity index is 2.54. The molecule has 1 aromatic carbocycles. The summed E-state index contributed by atoms with van der Waals surface area (Å²) < 4.78 is 0. The summed E-state index contributed by atoms with van der Waals surface area (Å²) in [5, 5.41) is 5.53. The highest BCUT2D eigenvalue weighted by atomic mass is 35.5. The van der Waals surface area contributed by atoms with Crippen molar-refractivity contribution < 1.29 is 9.59 Å². The molecule has 0 fully saturated rings. The highest BCUT2D eigenvalue weighted by Crippen LogP contribution is 2.32. The number of thioether (sulfide) groups is 1. The van der Waals surface area contributed by atoms with Gasteiger partial charge < -0.3 is 5.32 Å². The summed E-state index contributed by atoms with van der Waals surface area (Å²) in [4.78, 5) is 24.2. The van der Waals surface area contributed by atoms with Gasteiger partial charge in [0.25, 0.3) is 0 Å².